The SMILES string of the molecule is COc1cccc(CN=C2Cc3ccc(-c4cn[nH]c4)cc3N2)c1. The Morgan fingerprint density at radius 3 is 2.96 bits per heavy atom. The summed E-state index contributed by atoms with van der Waals surface area (Å²) in [5, 5.41) is 10.3. The van der Waals surface area contributed by atoms with Crippen molar-refractivity contribution in [1.29, 1.82) is 0 Å². The number of nitrogens with one attached hydrogen (secondary N) is 2. The van der Waals surface area contributed by atoms with E-state index in [0.29, 0.717) is 6.54 Å². The minimum atomic E-state index is 0.641. The van der Waals surface area contributed by atoms with E-state index in [1.807, 2.05) is 30.6 Å². The van der Waals surface area contributed by atoms with E-state index in [9.17, 15) is 0 Å². The van der Waals surface area contributed by atoms with Crippen LogP contribution in [0.5, 0.6) is 5.75 Å². The molecule has 1 aromatic heterocycles. The van der Waals surface area contributed by atoms with Gasteiger partial charge in [-0.2, -0.15) is 5.10 Å². The molecule has 3 aromatic rings. The Labute approximate surface area is 140 Å². The van der Waals surface area contributed by atoms with Gasteiger partial charge in [-0.3, -0.25) is 10.1 Å². The lowest BCUT2D eigenvalue weighted by atomic mass is 10.1. The van der Waals surface area contributed by atoms with E-state index in [-0.39, 0.29) is 0 Å². The third-order valence-electron chi connectivity index (χ3n) is 4.16. The summed E-state index contributed by atoms with van der Waals surface area (Å²) < 4.78 is 5.25. The molecule has 5 nitrogen and oxygen atoms in total. The number of H-pyrrole nitrogens is 1. The average Bonchev–Trinajstić information content (AvgIpc) is 3.28. The van der Waals surface area contributed by atoms with Gasteiger partial charge in [-0.05, 0) is 34.9 Å². The summed E-state index contributed by atoms with van der Waals surface area (Å²) in [7, 11) is 1.68. The number of anilines is 1. The monoisotopic (exact) mass is 318 g/mol. The molecule has 0 atom stereocenters. The topological polar surface area (TPSA) is 62.3 Å². The second-order valence-corrected chi connectivity index (χ2v) is 5.78. The van der Waals surface area contributed by atoms with Crippen LogP contribution in [0.1, 0.15) is 11.1 Å². The summed E-state index contributed by atoms with van der Waals surface area (Å²) in [5.41, 5.74) is 5.76. The van der Waals surface area contributed by atoms with Crippen LogP contribution < -0.4 is 10.1 Å². The molecule has 0 fully saturated rings. The maximum atomic E-state index is 5.25. The normalized spacial score (nSPS) is 14.5. The molecule has 0 unspecified atom stereocenters. The van der Waals surface area contributed by atoms with E-state index in [2.05, 4.69) is 39.8 Å². The maximum Gasteiger partial charge on any atom is 0.119 e. The number of ether oxygens (including phenoxy) is 1. The first kappa shape index (κ1) is 14.5. The second kappa shape index (κ2) is 6.20. The second-order valence-electron chi connectivity index (χ2n) is 5.78. The van der Waals surface area contributed by atoms with Crippen molar-refractivity contribution in [3.05, 3.63) is 66.0 Å². The van der Waals surface area contributed by atoms with Crippen molar-refractivity contribution in [2.75, 3.05) is 12.4 Å². The molecule has 0 aliphatic carbocycles. The van der Waals surface area contributed by atoms with Crippen LogP contribution >= 0.6 is 0 Å². The van der Waals surface area contributed by atoms with Crippen molar-refractivity contribution in [2.45, 2.75) is 13.0 Å². The molecule has 24 heavy (non-hydrogen) atoms. The first-order valence-electron chi connectivity index (χ1n) is 7.87. The van der Waals surface area contributed by atoms with Gasteiger partial charge in [-0.15, -0.1) is 0 Å². The van der Waals surface area contributed by atoms with Crippen LogP contribution in [-0.2, 0) is 13.0 Å². The zero-order valence-corrected chi connectivity index (χ0v) is 13.4. The number of aromatic nitrogens is 2. The number of methoxy groups -OCH3 is 1. The van der Waals surface area contributed by atoms with Crippen molar-refractivity contribution in [3.63, 3.8) is 0 Å². The lowest BCUT2D eigenvalue weighted by molar-refractivity contribution is 0.414. The van der Waals surface area contributed by atoms with Gasteiger partial charge in [0.15, 0.2) is 0 Å². The Balaban J connectivity index is 1.50. The largest absolute Gasteiger partial charge is 0.497 e. The number of fused-ring (bicyclic) bond motifs is 1. The van der Waals surface area contributed by atoms with Crippen LogP contribution in [0.2, 0.25) is 0 Å². The van der Waals surface area contributed by atoms with Crippen LogP contribution in [0.15, 0.2) is 59.9 Å². The zero-order valence-electron chi connectivity index (χ0n) is 13.4. The predicted octanol–water partition coefficient (Wildman–Crippen LogP) is 3.65. The first-order valence-corrected chi connectivity index (χ1v) is 7.87. The van der Waals surface area contributed by atoms with Gasteiger partial charge in [0.25, 0.3) is 0 Å². The predicted molar refractivity (Wildman–Crippen MR) is 95.5 cm³/mol. The summed E-state index contributed by atoms with van der Waals surface area (Å²) >= 11 is 0. The third-order valence-corrected chi connectivity index (χ3v) is 4.16. The maximum absolute atomic E-state index is 5.25. The molecule has 2 heterocycles. The molecule has 0 saturated carbocycles. The summed E-state index contributed by atoms with van der Waals surface area (Å²) in [6.45, 7) is 0.641. The lowest BCUT2D eigenvalue weighted by Crippen LogP contribution is -2.06. The summed E-state index contributed by atoms with van der Waals surface area (Å²) in [5.74, 6) is 1.86. The van der Waals surface area contributed by atoms with Gasteiger partial charge in [-0.1, -0.05) is 24.3 Å². The molecular formula is C19H18N4O. The highest BCUT2D eigenvalue weighted by molar-refractivity contribution is 6.03. The Morgan fingerprint density at radius 2 is 2.12 bits per heavy atom. The Kier molecular flexibility index (Phi) is 3.75. The van der Waals surface area contributed by atoms with Gasteiger partial charge in [0.2, 0.25) is 0 Å². The lowest BCUT2D eigenvalue weighted by Gasteiger charge is -2.04. The third kappa shape index (κ3) is 2.88. The van der Waals surface area contributed by atoms with E-state index < -0.39 is 0 Å². The Bertz CT molecular complexity index is 884. The zero-order chi connectivity index (χ0) is 16.4. The molecule has 0 radical (unpaired) electrons. The Morgan fingerprint density at radius 1 is 1.17 bits per heavy atom. The molecule has 1 aliphatic rings. The molecule has 5 heteroatoms. The van der Waals surface area contributed by atoms with Crippen molar-refractivity contribution in [2.24, 2.45) is 4.99 Å². The average molecular weight is 318 g/mol. The molecular weight excluding hydrogens is 300 g/mol. The van der Waals surface area contributed by atoms with Crippen molar-refractivity contribution in [1.82, 2.24) is 10.2 Å². The first-order chi connectivity index (χ1) is 11.8. The van der Waals surface area contributed by atoms with E-state index >= 15 is 0 Å². The van der Waals surface area contributed by atoms with Gasteiger partial charge in [-0.25, -0.2) is 0 Å². The number of amidine groups is 1. The highest BCUT2D eigenvalue weighted by Gasteiger charge is 2.16. The van der Waals surface area contributed by atoms with Gasteiger partial charge >= 0.3 is 0 Å². The van der Waals surface area contributed by atoms with E-state index in [1.54, 1.807) is 7.11 Å². The molecule has 0 amide bonds. The molecule has 0 bridgehead atoms. The molecule has 120 valence electrons. The van der Waals surface area contributed by atoms with Crippen molar-refractivity contribution < 1.29 is 4.74 Å². The van der Waals surface area contributed by atoms with Gasteiger partial charge in [0, 0.05) is 23.9 Å². The van der Waals surface area contributed by atoms with Crippen LogP contribution in [0.3, 0.4) is 0 Å². The quantitative estimate of drug-likeness (QED) is 0.772. The van der Waals surface area contributed by atoms with Gasteiger partial charge < -0.3 is 10.1 Å². The van der Waals surface area contributed by atoms with Crippen LogP contribution in [0.4, 0.5) is 5.69 Å². The van der Waals surface area contributed by atoms with Crippen LogP contribution in [-0.4, -0.2) is 23.1 Å². The van der Waals surface area contributed by atoms with Crippen LogP contribution in [0, 0.1) is 0 Å². The number of rotatable bonds is 4. The highest BCUT2D eigenvalue weighted by atomic mass is 16.5. The van der Waals surface area contributed by atoms with Gasteiger partial charge in [0.1, 0.15) is 11.6 Å². The fourth-order valence-corrected chi connectivity index (χ4v) is 2.87. The Hall–Kier alpha value is -3.08. The summed E-state index contributed by atoms with van der Waals surface area (Å²) in [6.07, 6.45) is 4.56. The number of aliphatic imine (C=N–C) groups is 1. The smallest absolute Gasteiger partial charge is 0.119 e. The highest BCUT2D eigenvalue weighted by Crippen LogP contribution is 2.29. The molecule has 2 N–H and O–H groups in total. The van der Waals surface area contributed by atoms with Crippen molar-refractivity contribution >= 4 is 11.5 Å². The number of hydrogen-bond donors (Lipinski definition) is 2. The van der Waals surface area contributed by atoms with E-state index in [1.165, 1.54) is 5.56 Å². The molecule has 0 spiro atoms. The van der Waals surface area contributed by atoms with E-state index in [4.69, 9.17) is 9.73 Å². The van der Waals surface area contributed by atoms with E-state index in [0.717, 1.165) is 40.4 Å². The van der Waals surface area contributed by atoms with Crippen LogP contribution in [0.25, 0.3) is 11.1 Å². The fraction of sp³-hybridized carbons (Fsp3) is 0.158. The summed E-state index contributed by atoms with van der Waals surface area (Å²) in [6, 6.07) is 14.4. The standard InChI is InChI=1S/C19H18N4O/c1-24-17-4-2-3-13(7-17)10-20-19-9-15-6-5-14(8-18(15)23-19)16-11-21-22-12-16/h2-8,11-12H,9-10H2,1H3,(H,20,23)(H,21,22). The number of nitrogens with zero attached hydrogens (tertiary/aromatic N) is 2. The minimum absolute atomic E-state index is 0.641. The van der Waals surface area contributed by atoms with Gasteiger partial charge in [0.05, 0.1) is 19.9 Å². The molecule has 2 aromatic carbocycles. The molecule has 4 rings (SSSR count). The van der Waals surface area contributed by atoms with Crippen molar-refractivity contribution in [3.8, 4) is 16.9 Å². The molecule has 1 aliphatic heterocycles. The molecule has 0 saturated heterocycles. The number of aromatic amines is 1. The minimum Gasteiger partial charge on any atom is -0.497 e. The number of benzene rings is 2. The number of hydrogen-bond acceptors (Lipinski definition) is 3. The summed E-state index contributed by atoms with van der Waals surface area (Å²) in [4.78, 5) is 4.71. The fourth-order valence-electron chi connectivity index (χ4n) is 2.87.